The van der Waals surface area contributed by atoms with Crippen LogP contribution in [0.1, 0.15) is 33.1 Å². The van der Waals surface area contributed by atoms with Gasteiger partial charge in [0.2, 0.25) is 5.91 Å². The maximum absolute atomic E-state index is 12.2. The minimum absolute atomic E-state index is 0.0415. The summed E-state index contributed by atoms with van der Waals surface area (Å²) in [6, 6.07) is 0.0415. The summed E-state index contributed by atoms with van der Waals surface area (Å²) in [7, 11) is 0. The van der Waals surface area contributed by atoms with Crippen molar-refractivity contribution in [3.8, 4) is 0 Å². The van der Waals surface area contributed by atoms with Crippen molar-refractivity contribution in [2.45, 2.75) is 39.2 Å². The van der Waals surface area contributed by atoms with E-state index in [1.54, 1.807) is 0 Å². The first kappa shape index (κ1) is 12.8. The molecule has 2 fully saturated rings. The maximum atomic E-state index is 12.2. The first-order valence-corrected chi connectivity index (χ1v) is 6.82. The number of hydrogen-bond donors (Lipinski definition) is 1. The molecule has 1 amide bonds. The molecule has 4 heteroatoms. The lowest BCUT2D eigenvalue weighted by molar-refractivity contribution is -0.130. The molecule has 0 saturated carbocycles. The van der Waals surface area contributed by atoms with Crippen molar-refractivity contribution < 1.29 is 9.53 Å². The van der Waals surface area contributed by atoms with Crippen molar-refractivity contribution in [1.82, 2.24) is 10.2 Å². The zero-order chi connectivity index (χ0) is 12.3. The lowest BCUT2D eigenvalue weighted by Gasteiger charge is -2.26. The second-order valence-corrected chi connectivity index (χ2v) is 5.34. The molecule has 0 radical (unpaired) electrons. The molecule has 0 spiro atoms. The Bertz CT molecular complexity index is 264. The van der Waals surface area contributed by atoms with Gasteiger partial charge in [0.1, 0.15) is 0 Å². The number of ether oxygens (including phenoxy) is 1. The SMILES string of the molecule is CCC(C)C1NCN(CC2CCOCC2)C1=O. The Balaban J connectivity index is 1.84. The summed E-state index contributed by atoms with van der Waals surface area (Å²) >= 11 is 0. The quantitative estimate of drug-likeness (QED) is 0.803. The molecule has 2 heterocycles. The van der Waals surface area contributed by atoms with Crippen LogP contribution in [0.3, 0.4) is 0 Å². The summed E-state index contributed by atoms with van der Waals surface area (Å²) < 4.78 is 5.35. The molecular formula is C13H24N2O2. The third-order valence-corrected chi connectivity index (χ3v) is 4.11. The number of amides is 1. The van der Waals surface area contributed by atoms with E-state index in [0.29, 0.717) is 17.7 Å². The zero-order valence-corrected chi connectivity index (χ0v) is 10.9. The molecule has 2 saturated heterocycles. The number of nitrogens with one attached hydrogen (secondary N) is 1. The summed E-state index contributed by atoms with van der Waals surface area (Å²) in [5.41, 5.74) is 0. The number of nitrogens with zero attached hydrogens (tertiary/aromatic N) is 1. The maximum Gasteiger partial charge on any atom is 0.241 e. The number of rotatable bonds is 4. The molecule has 0 aromatic carbocycles. The highest BCUT2D eigenvalue weighted by atomic mass is 16.5. The van der Waals surface area contributed by atoms with E-state index in [0.717, 1.165) is 45.7 Å². The Kier molecular flexibility index (Phi) is 4.40. The van der Waals surface area contributed by atoms with Crippen molar-refractivity contribution in [2.75, 3.05) is 26.4 Å². The van der Waals surface area contributed by atoms with Gasteiger partial charge in [-0.25, -0.2) is 0 Å². The van der Waals surface area contributed by atoms with E-state index >= 15 is 0 Å². The molecule has 0 aromatic heterocycles. The van der Waals surface area contributed by atoms with Gasteiger partial charge >= 0.3 is 0 Å². The Labute approximate surface area is 104 Å². The molecule has 4 nitrogen and oxygen atoms in total. The number of carbonyl (C=O) groups excluding carboxylic acids is 1. The minimum atomic E-state index is 0.0415. The molecule has 0 bridgehead atoms. The van der Waals surface area contributed by atoms with E-state index in [-0.39, 0.29) is 6.04 Å². The van der Waals surface area contributed by atoms with Crippen molar-refractivity contribution in [3.05, 3.63) is 0 Å². The van der Waals surface area contributed by atoms with E-state index < -0.39 is 0 Å². The van der Waals surface area contributed by atoms with Gasteiger partial charge < -0.3 is 9.64 Å². The summed E-state index contributed by atoms with van der Waals surface area (Å²) in [6.45, 7) is 7.63. The lowest BCUT2D eigenvalue weighted by atomic mass is 9.97. The predicted octanol–water partition coefficient (Wildman–Crippen LogP) is 1.22. The average Bonchev–Trinajstić information content (AvgIpc) is 2.72. The first-order chi connectivity index (χ1) is 8.22. The highest BCUT2D eigenvalue weighted by molar-refractivity contribution is 5.84. The van der Waals surface area contributed by atoms with Crippen LogP contribution in [0, 0.1) is 11.8 Å². The van der Waals surface area contributed by atoms with Gasteiger partial charge in [-0.15, -0.1) is 0 Å². The lowest BCUT2D eigenvalue weighted by Crippen LogP contribution is -2.38. The normalized spacial score (nSPS) is 28.7. The zero-order valence-electron chi connectivity index (χ0n) is 10.9. The van der Waals surface area contributed by atoms with Crippen molar-refractivity contribution in [2.24, 2.45) is 11.8 Å². The third-order valence-electron chi connectivity index (χ3n) is 4.11. The van der Waals surface area contributed by atoms with E-state index in [4.69, 9.17) is 4.74 Å². The first-order valence-electron chi connectivity index (χ1n) is 6.82. The molecule has 17 heavy (non-hydrogen) atoms. The minimum Gasteiger partial charge on any atom is -0.381 e. The van der Waals surface area contributed by atoms with Crippen LogP contribution in [0.25, 0.3) is 0 Å². The van der Waals surface area contributed by atoms with Gasteiger partial charge in [0.25, 0.3) is 0 Å². The number of carbonyl (C=O) groups is 1. The van der Waals surface area contributed by atoms with Gasteiger partial charge in [0.15, 0.2) is 0 Å². The highest BCUT2D eigenvalue weighted by Gasteiger charge is 2.35. The molecule has 2 atom stereocenters. The largest absolute Gasteiger partial charge is 0.381 e. The van der Waals surface area contributed by atoms with Gasteiger partial charge in [-0.3, -0.25) is 10.1 Å². The van der Waals surface area contributed by atoms with Crippen LogP contribution in [0.4, 0.5) is 0 Å². The van der Waals surface area contributed by atoms with Crippen LogP contribution in [-0.2, 0) is 9.53 Å². The van der Waals surface area contributed by atoms with Crippen LogP contribution >= 0.6 is 0 Å². The fraction of sp³-hybridized carbons (Fsp3) is 0.923. The molecule has 2 aliphatic heterocycles. The Morgan fingerprint density at radius 1 is 1.47 bits per heavy atom. The van der Waals surface area contributed by atoms with Crippen LogP contribution in [0.2, 0.25) is 0 Å². The predicted molar refractivity (Wildman–Crippen MR) is 66.5 cm³/mol. The molecule has 1 N–H and O–H groups in total. The highest BCUT2D eigenvalue weighted by Crippen LogP contribution is 2.20. The van der Waals surface area contributed by atoms with E-state index in [2.05, 4.69) is 19.2 Å². The van der Waals surface area contributed by atoms with E-state index in [9.17, 15) is 4.79 Å². The Morgan fingerprint density at radius 3 is 2.82 bits per heavy atom. The second-order valence-electron chi connectivity index (χ2n) is 5.34. The van der Waals surface area contributed by atoms with Crippen molar-refractivity contribution in [3.63, 3.8) is 0 Å². The smallest absolute Gasteiger partial charge is 0.241 e. The molecular weight excluding hydrogens is 216 g/mol. The van der Waals surface area contributed by atoms with Gasteiger partial charge in [-0.2, -0.15) is 0 Å². The van der Waals surface area contributed by atoms with Gasteiger partial charge in [-0.1, -0.05) is 20.3 Å². The molecule has 2 rings (SSSR count). The standard InChI is InChI=1S/C13H24N2O2/c1-3-10(2)12-13(16)15(9-14-12)8-11-4-6-17-7-5-11/h10-12,14H,3-9H2,1-2H3. The van der Waals surface area contributed by atoms with Gasteiger partial charge in [-0.05, 0) is 24.7 Å². The fourth-order valence-electron chi connectivity index (χ4n) is 2.65. The van der Waals surface area contributed by atoms with Crippen molar-refractivity contribution in [1.29, 1.82) is 0 Å². The van der Waals surface area contributed by atoms with E-state index in [1.807, 2.05) is 4.90 Å². The van der Waals surface area contributed by atoms with Crippen LogP contribution in [-0.4, -0.2) is 43.3 Å². The molecule has 98 valence electrons. The molecule has 0 aliphatic carbocycles. The summed E-state index contributed by atoms with van der Waals surface area (Å²) in [5, 5.41) is 3.34. The topological polar surface area (TPSA) is 41.6 Å². The monoisotopic (exact) mass is 240 g/mol. The summed E-state index contributed by atoms with van der Waals surface area (Å²) in [4.78, 5) is 14.2. The van der Waals surface area contributed by atoms with E-state index in [1.165, 1.54) is 0 Å². The Morgan fingerprint density at radius 2 is 2.18 bits per heavy atom. The molecule has 2 aliphatic rings. The van der Waals surface area contributed by atoms with Crippen LogP contribution in [0.15, 0.2) is 0 Å². The fourth-order valence-corrected chi connectivity index (χ4v) is 2.65. The van der Waals surface area contributed by atoms with Crippen LogP contribution < -0.4 is 5.32 Å². The number of hydrogen-bond acceptors (Lipinski definition) is 3. The third kappa shape index (κ3) is 2.99. The molecule has 2 unspecified atom stereocenters. The van der Waals surface area contributed by atoms with Gasteiger partial charge in [0, 0.05) is 19.8 Å². The van der Waals surface area contributed by atoms with Gasteiger partial charge in [0.05, 0.1) is 12.7 Å². The second kappa shape index (κ2) is 5.83. The summed E-state index contributed by atoms with van der Waals surface area (Å²) in [6.07, 6.45) is 3.24. The van der Waals surface area contributed by atoms with Crippen molar-refractivity contribution >= 4 is 5.91 Å². The average molecular weight is 240 g/mol. The van der Waals surface area contributed by atoms with Crippen LogP contribution in [0.5, 0.6) is 0 Å². The molecule has 0 aromatic rings. The summed E-state index contributed by atoms with van der Waals surface area (Å²) in [5.74, 6) is 1.36. The Hall–Kier alpha value is -0.610.